The van der Waals surface area contributed by atoms with Crippen LogP contribution in [0, 0.1) is 5.92 Å². The summed E-state index contributed by atoms with van der Waals surface area (Å²) in [7, 11) is 0. The zero-order valence-corrected chi connectivity index (χ0v) is 14.0. The van der Waals surface area contributed by atoms with Crippen LogP contribution >= 0.6 is 22.6 Å². The number of aliphatic hydroxyl groups excluding tert-OH is 1. The van der Waals surface area contributed by atoms with Crippen LogP contribution in [0.1, 0.15) is 43.8 Å². The molecule has 3 N–H and O–H groups in total. The van der Waals surface area contributed by atoms with Crippen LogP contribution in [0.2, 0.25) is 0 Å². The Morgan fingerprint density at radius 3 is 2.75 bits per heavy atom. The molecule has 4 heteroatoms. The second kappa shape index (κ2) is 8.20. The maximum absolute atomic E-state index is 9.95. The van der Waals surface area contributed by atoms with Crippen molar-refractivity contribution in [1.29, 1.82) is 0 Å². The minimum absolute atomic E-state index is 0.488. The number of alkyl halides is 1. The molecule has 0 bridgehead atoms. The molecule has 0 spiro atoms. The molecule has 0 radical (unpaired) electrons. The standard InChI is InChI=1S/C16H24INO2/c17-14-6-4-12(5-7-14)11-20-15-3-1-2-13(10-15)16(19)8-9-18/h1-3,10,12,14,16,19H,4-9,11,18H2/t12?,14?,16-/m1/s1. The zero-order valence-electron chi connectivity index (χ0n) is 11.8. The first-order valence-electron chi connectivity index (χ1n) is 7.44. The van der Waals surface area contributed by atoms with Gasteiger partial charge >= 0.3 is 0 Å². The zero-order chi connectivity index (χ0) is 14.4. The molecule has 112 valence electrons. The Hall–Kier alpha value is -0.330. The summed E-state index contributed by atoms with van der Waals surface area (Å²) >= 11 is 2.55. The number of aliphatic hydroxyl groups is 1. The molecule has 1 aliphatic carbocycles. The molecule has 1 saturated carbocycles. The van der Waals surface area contributed by atoms with Crippen molar-refractivity contribution in [3.05, 3.63) is 29.8 Å². The number of rotatable bonds is 6. The second-order valence-electron chi connectivity index (χ2n) is 5.59. The maximum Gasteiger partial charge on any atom is 0.119 e. The van der Waals surface area contributed by atoms with Crippen LogP contribution in [-0.2, 0) is 0 Å². The molecule has 20 heavy (non-hydrogen) atoms. The van der Waals surface area contributed by atoms with Gasteiger partial charge in [0, 0.05) is 3.92 Å². The SMILES string of the molecule is NCC[C@@H](O)c1cccc(OCC2CCC(I)CC2)c1. The summed E-state index contributed by atoms with van der Waals surface area (Å²) in [5, 5.41) is 9.95. The number of hydrogen-bond acceptors (Lipinski definition) is 3. The summed E-state index contributed by atoms with van der Waals surface area (Å²) in [6.07, 6.45) is 5.25. The summed E-state index contributed by atoms with van der Waals surface area (Å²) < 4.78 is 6.75. The lowest BCUT2D eigenvalue weighted by atomic mass is 9.90. The number of hydrogen-bond donors (Lipinski definition) is 2. The fourth-order valence-electron chi connectivity index (χ4n) is 2.64. The molecule has 2 rings (SSSR count). The monoisotopic (exact) mass is 389 g/mol. The first-order valence-corrected chi connectivity index (χ1v) is 8.68. The van der Waals surface area contributed by atoms with Gasteiger partial charge in [0.1, 0.15) is 5.75 Å². The third-order valence-electron chi connectivity index (χ3n) is 3.94. The summed E-state index contributed by atoms with van der Waals surface area (Å²) in [6, 6.07) is 7.76. The van der Waals surface area contributed by atoms with Crippen molar-refractivity contribution in [2.75, 3.05) is 13.2 Å². The molecule has 3 nitrogen and oxygen atoms in total. The van der Waals surface area contributed by atoms with E-state index in [1.165, 1.54) is 25.7 Å². The van der Waals surface area contributed by atoms with Gasteiger partial charge in [-0.3, -0.25) is 0 Å². The molecule has 1 aromatic rings. The van der Waals surface area contributed by atoms with E-state index in [1.807, 2.05) is 24.3 Å². The Kier molecular flexibility index (Phi) is 6.58. The van der Waals surface area contributed by atoms with E-state index in [4.69, 9.17) is 10.5 Å². The number of ether oxygens (including phenoxy) is 1. The summed E-state index contributed by atoms with van der Waals surface area (Å²) in [4.78, 5) is 0. The number of halogens is 1. The van der Waals surface area contributed by atoms with E-state index in [0.717, 1.165) is 21.8 Å². The first-order chi connectivity index (χ1) is 9.69. The van der Waals surface area contributed by atoms with Crippen LogP contribution in [0.3, 0.4) is 0 Å². The lowest BCUT2D eigenvalue weighted by Gasteiger charge is -2.25. The Morgan fingerprint density at radius 1 is 1.30 bits per heavy atom. The van der Waals surface area contributed by atoms with E-state index in [2.05, 4.69) is 22.6 Å². The minimum atomic E-state index is -0.488. The van der Waals surface area contributed by atoms with Gasteiger partial charge in [0.05, 0.1) is 12.7 Å². The molecule has 1 atom stereocenters. The quantitative estimate of drug-likeness (QED) is 0.579. The Bertz CT molecular complexity index is 405. The van der Waals surface area contributed by atoms with Crippen molar-refractivity contribution in [2.24, 2.45) is 11.7 Å². The minimum Gasteiger partial charge on any atom is -0.493 e. The number of nitrogens with two attached hydrogens (primary N) is 1. The van der Waals surface area contributed by atoms with E-state index in [-0.39, 0.29) is 0 Å². The van der Waals surface area contributed by atoms with Gasteiger partial charge in [0.2, 0.25) is 0 Å². The highest BCUT2D eigenvalue weighted by Gasteiger charge is 2.19. The molecule has 1 aliphatic rings. The molecule has 1 fully saturated rings. The van der Waals surface area contributed by atoms with E-state index in [0.29, 0.717) is 18.9 Å². The Labute approximate surface area is 135 Å². The van der Waals surface area contributed by atoms with Gasteiger partial charge in [0.15, 0.2) is 0 Å². The van der Waals surface area contributed by atoms with Crippen molar-refractivity contribution in [2.45, 2.75) is 42.1 Å². The predicted octanol–water partition coefficient (Wildman–Crippen LogP) is 3.44. The summed E-state index contributed by atoms with van der Waals surface area (Å²) in [5.74, 6) is 1.54. The average molecular weight is 389 g/mol. The van der Waals surface area contributed by atoms with Gasteiger partial charge in [-0.1, -0.05) is 34.7 Å². The topological polar surface area (TPSA) is 55.5 Å². The van der Waals surface area contributed by atoms with Crippen LogP contribution in [-0.4, -0.2) is 22.2 Å². The largest absolute Gasteiger partial charge is 0.493 e. The fourth-order valence-corrected chi connectivity index (χ4v) is 3.36. The third-order valence-corrected chi connectivity index (χ3v) is 5.19. The fraction of sp³-hybridized carbons (Fsp3) is 0.625. The predicted molar refractivity (Wildman–Crippen MR) is 90.3 cm³/mol. The van der Waals surface area contributed by atoms with Crippen molar-refractivity contribution in [3.8, 4) is 5.75 Å². The molecular formula is C16H24INO2. The highest BCUT2D eigenvalue weighted by Crippen LogP contribution is 2.30. The van der Waals surface area contributed by atoms with E-state index < -0.39 is 6.10 Å². The molecule has 0 aromatic heterocycles. The smallest absolute Gasteiger partial charge is 0.119 e. The molecule has 0 unspecified atom stereocenters. The Morgan fingerprint density at radius 2 is 2.05 bits per heavy atom. The van der Waals surface area contributed by atoms with E-state index >= 15 is 0 Å². The number of benzene rings is 1. The first kappa shape index (κ1) is 16.0. The van der Waals surface area contributed by atoms with Crippen LogP contribution in [0.5, 0.6) is 5.75 Å². The van der Waals surface area contributed by atoms with Gasteiger partial charge in [-0.05, 0) is 62.3 Å². The van der Waals surface area contributed by atoms with Crippen LogP contribution < -0.4 is 10.5 Å². The van der Waals surface area contributed by atoms with Crippen molar-refractivity contribution >= 4 is 22.6 Å². The van der Waals surface area contributed by atoms with E-state index in [9.17, 15) is 5.11 Å². The van der Waals surface area contributed by atoms with Gasteiger partial charge in [-0.2, -0.15) is 0 Å². The van der Waals surface area contributed by atoms with Crippen molar-refractivity contribution in [1.82, 2.24) is 0 Å². The highest BCUT2D eigenvalue weighted by molar-refractivity contribution is 14.1. The lowest BCUT2D eigenvalue weighted by Crippen LogP contribution is -2.19. The van der Waals surface area contributed by atoms with Gasteiger partial charge in [-0.15, -0.1) is 0 Å². The third kappa shape index (κ3) is 4.90. The van der Waals surface area contributed by atoms with Gasteiger partial charge in [-0.25, -0.2) is 0 Å². The summed E-state index contributed by atoms with van der Waals surface area (Å²) in [5.41, 5.74) is 6.37. The van der Waals surface area contributed by atoms with Gasteiger partial charge < -0.3 is 15.6 Å². The normalized spacial score (nSPS) is 24.4. The van der Waals surface area contributed by atoms with Gasteiger partial charge in [0.25, 0.3) is 0 Å². The van der Waals surface area contributed by atoms with Crippen LogP contribution in [0.15, 0.2) is 24.3 Å². The average Bonchev–Trinajstić information content (AvgIpc) is 2.47. The Balaban J connectivity index is 1.85. The molecule has 0 saturated heterocycles. The van der Waals surface area contributed by atoms with Crippen molar-refractivity contribution < 1.29 is 9.84 Å². The molecule has 1 aromatic carbocycles. The maximum atomic E-state index is 9.95. The van der Waals surface area contributed by atoms with Crippen LogP contribution in [0.25, 0.3) is 0 Å². The van der Waals surface area contributed by atoms with E-state index in [1.54, 1.807) is 0 Å². The van der Waals surface area contributed by atoms with Crippen LogP contribution in [0.4, 0.5) is 0 Å². The van der Waals surface area contributed by atoms with Crippen molar-refractivity contribution in [3.63, 3.8) is 0 Å². The molecule has 0 aliphatic heterocycles. The molecule has 0 amide bonds. The molecular weight excluding hydrogens is 365 g/mol. The molecule has 0 heterocycles. The second-order valence-corrected chi connectivity index (χ2v) is 7.36. The lowest BCUT2D eigenvalue weighted by molar-refractivity contribution is 0.169. The summed E-state index contributed by atoms with van der Waals surface area (Å²) in [6.45, 7) is 1.28. The highest BCUT2D eigenvalue weighted by atomic mass is 127.